The van der Waals surface area contributed by atoms with E-state index in [0.29, 0.717) is 12.2 Å². The third kappa shape index (κ3) is 3.23. The topological polar surface area (TPSA) is 80.1 Å². The zero-order valence-corrected chi connectivity index (χ0v) is 17.4. The highest BCUT2D eigenvalue weighted by Crippen LogP contribution is 2.47. The number of anilines is 1. The van der Waals surface area contributed by atoms with E-state index in [1.807, 2.05) is 24.3 Å². The number of carbonyl (C=O) groups excluding carboxylic acids is 2. The summed E-state index contributed by atoms with van der Waals surface area (Å²) in [5.74, 6) is 2.58. The van der Waals surface area contributed by atoms with Crippen LogP contribution in [0.25, 0.3) is 11.4 Å². The van der Waals surface area contributed by atoms with Gasteiger partial charge in [-0.05, 0) is 50.5 Å². The van der Waals surface area contributed by atoms with E-state index in [1.54, 1.807) is 16.7 Å². The summed E-state index contributed by atoms with van der Waals surface area (Å²) in [6, 6.07) is 7.36. The first-order chi connectivity index (χ1) is 14.0. The second-order valence-electron chi connectivity index (χ2n) is 8.23. The van der Waals surface area contributed by atoms with Gasteiger partial charge in [-0.1, -0.05) is 6.42 Å². The van der Waals surface area contributed by atoms with Gasteiger partial charge >= 0.3 is 0 Å². The van der Waals surface area contributed by atoms with Gasteiger partial charge in [0.05, 0.1) is 4.87 Å². The zero-order valence-electron chi connectivity index (χ0n) is 16.6. The summed E-state index contributed by atoms with van der Waals surface area (Å²) >= 11 is 1.71. The molecule has 8 heteroatoms. The van der Waals surface area contributed by atoms with Gasteiger partial charge in [-0.25, -0.2) is 0 Å². The Morgan fingerprint density at radius 3 is 2.83 bits per heavy atom. The van der Waals surface area contributed by atoms with Crippen molar-refractivity contribution in [3.05, 3.63) is 30.1 Å². The highest BCUT2D eigenvalue weighted by Gasteiger charge is 2.52. The van der Waals surface area contributed by atoms with Gasteiger partial charge in [-0.2, -0.15) is 0 Å². The molecule has 3 aliphatic heterocycles. The predicted molar refractivity (Wildman–Crippen MR) is 112 cm³/mol. The number of hydrogen-bond acceptors (Lipinski definition) is 5. The molecule has 2 fully saturated rings. The molecule has 1 aromatic carbocycles. The maximum atomic E-state index is 12.8. The monoisotopic (exact) mass is 411 g/mol. The third-order valence-electron chi connectivity index (χ3n) is 6.27. The summed E-state index contributed by atoms with van der Waals surface area (Å²) < 4.78 is 2.22. The van der Waals surface area contributed by atoms with Crippen LogP contribution in [0, 0.1) is 0 Å². The molecule has 2 amide bonds. The van der Waals surface area contributed by atoms with Crippen LogP contribution in [0.4, 0.5) is 5.69 Å². The molecule has 0 saturated carbocycles. The Labute approximate surface area is 174 Å². The molecule has 152 valence electrons. The van der Waals surface area contributed by atoms with Crippen LogP contribution in [0.15, 0.2) is 24.3 Å². The van der Waals surface area contributed by atoms with Crippen molar-refractivity contribution in [1.82, 2.24) is 19.7 Å². The summed E-state index contributed by atoms with van der Waals surface area (Å²) in [7, 11) is 0. The van der Waals surface area contributed by atoms with Crippen molar-refractivity contribution in [3.63, 3.8) is 0 Å². The van der Waals surface area contributed by atoms with Crippen LogP contribution in [-0.4, -0.2) is 48.1 Å². The quantitative estimate of drug-likeness (QED) is 0.840. The molecular weight excluding hydrogens is 386 g/mol. The van der Waals surface area contributed by atoms with E-state index in [0.717, 1.165) is 48.7 Å². The van der Waals surface area contributed by atoms with Crippen LogP contribution in [0.3, 0.4) is 0 Å². The van der Waals surface area contributed by atoms with E-state index in [2.05, 4.69) is 27.0 Å². The van der Waals surface area contributed by atoms with Gasteiger partial charge in [0.15, 0.2) is 5.82 Å². The van der Waals surface area contributed by atoms with Gasteiger partial charge in [0.2, 0.25) is 11.8 Å². The van der Waals surface area contributed by atoms with E-state index in [9.17, 15) is 9.59 Å². The second kappa shape index (κ2) is 7.16. The lowest BCUT2D eigenvalue weighted by Gasteiger charge is -2.29. The number of carbonyl (C=O) groups is 2. The van der Waals surface area contributed by atoms with E-state index in [4.69, 9.17) is 0 Å². The number of benzene rings is 1. The molecule has 0 unspecified atom stereocenters. The lowest BCUT2D eigenvalue weighted by atomic mass is 10.1. The van der Waals surface area contributed by atoms with Crippen LogP contribution < -0.4 is 5.32 Å². The van der Waals surface area contributed by atoms with Crippen molar-refractivity contribution in [3.8, 4) is 11.4 Å². The molecule has 2 saturated heterocycles. The van der Waals surface area contributed by atoms with E-state index in [1.165, 1.54) is 12.8 Å². The number of amides is 2. The highest BCUT2D eigenvalue weighted by molar-refractivity contribution is 8.01. The lowest BCUT2D eigenvalue weighted by Crippen LogP contribution is -2.48. The molecule has 1 aromatic heterocycles. The van der Waals surface area contributed by atoms with Gasteiger partial charge in [-0.3, -0.25) is 9.59 Å². The van der Waals surface area contributed by atoms with Gasteiger partial charge in [0.1, 0.15) is 11.9 Å². The summed E-state index contributed by atoms with van der Waals surface area (Å²) in [5.41, 5.74) is 1.74. The molecule has 0 radical (unpaired) electrons. The molecule has 5 rings (SSSR count). The highest BCUT2D eigenvalue weighted by atomic mass is 32.2. The van der Waals surface area contributed by atoms with Gasteiger partial charge < -0.3 is 14.8 Å². The largest absolute Gasteiger partial charge is 0.324 e. The zero-order chi connectivity index (χ0) is 20.0. The van der Waals surface area contributed by atoms with E-state index >= 15 is 0 Å². The van der Waals surface area contributed by atoms with Crippen LogP contribution in [0.5, 0.6) is 0 Å². The maximum Gasteiger partial charge on any atom is 0.248 e. The summed E-state index contributed by atoms with van der Waals surface area (Å²) in [6.45, 7) is 3.02. The number of thioether (sulfide) groups is 1. The summed E-state index contributed by atoms with van der Waals surface area (Å²) in [6.07, 6.45) is 5.88. The first-order valence-corrected chi connectivity index (χ1v) is 11.3. The molecule has 0 spiro atoms. The second-order valence-corrected chi connectivity index (χ2v) is 9.74. The minimum atomic E-state index is -0.396. The number of aryl methyl sites for hydroxylation is 1. The first kappa shape index (κ1) is 18.7. The van der Waals surface area contributed by atoms with Crippen molar-refractivity contribution >= 4 is 29.3 Å². The Morgan fingerprint density at radius 1 is 1.17 bits per heavy atom. The Morgan fingerprint density at radius 2 is 2.00 bits per heavy atom. The minimum Gasteiger partial charge on any atom is -0.324 e. The van der Waals surface area contributed by atoms with Crippen molar-refractivity contribution in [2.45, 2.75) is 62.9 Å². The minimum absolute atomic E-state index is 0.0838. The molecule has 1 N–H and O–H groups in total. The SMILES string of the molecule is C[C@@]12CCC(=O)N1[C@H](C(=O)Nc1ccc(-c3nnc4n3CCCCC4)cc1)CS2. The van der Waals surface area contributed by atoms with Crippen LogP contribution in [-0.2, 0) is 22.6 Å². The first-order valence-electron chi connectivity index (χ1n) is 10.3. The molecule has 4 heterocycles. The number of nitrogens with zero attached hydrogens (tertiary/aromatic N) is 4. The summed E-state index contributed by atoms with van der Waals surface area (Å²) in [4.78, 5) is 26.7. The fourth-order valence-corrected chi connectivity index (χ4v) is 6.07. The molecule has 0 bridgehead atoms. The van der Waals surface area contributed by atoms with Crippen LogP contribution >= 0.6 is 11.8 Å². The molecule has 2 atom stereocenters. The van der Waals surface area contributed by atoms with Gasteiger partial charge in [0, 0.05) is 36.4 Å². The lowest BCUT2D eigenvalue weighted by molar-refractivity contribution is -0.135. The van der Waals surface area contributed by atoms with Crippen molar-refractivity contribution in [2.75, 3.05) is 11.1 Å². The number of fused-ring (bicyclic) bond motifs is 2. The molecule has 7 nitrogen and oxygen atoms in total. The van der Waals surface area contributed by atoms with Crippen LogP contribution in [0.1, 0.15) is 44.9 Å². The predicted octanol–water partition coefficient (Wildman–Crippen LogP) is 3.06. The fraction of sp³-hybridized carbons (Fsp3) is 0.524. The number of rotatable bonds is 3. The number of nitrogens with one attached hydrogen (secondary N) is 1. The van der Waals surface area contributed by atoms with Crippen molar-refractivity contribution in [2.24, 2.45) is 0 Å². The Balaban J connectivity index is 1.31. The Bertz CT molecular complexity index is 956. The summed E-state index contributed by atoms with van der Waals surface area (Å²) in [5, 5.41) is 11.7. The van der Waals surface area contributed by atoms with Crippen molar-refractivity contribution < 1.29 is 9.59 Å². The number of aromatic nitrogens is 3. The standard InChI is InChI=1S/C21H25N5O2S/c1-21-11-10-18(27)26(21)16(13-29-21)20(28)22-15-8-6-14(7-9-15)19-24-23-17-5-3-2-4-12-25(17)19/h6-9,16H,2-5,10-13H2,1H3,(H,22,28)/t16-,21+/m0/s1. The average Bonchev–Trinajstić information content (AvgIpc) is 3.30. The third-order valence-corrected chi connectivity index (χ3v) is 7.77. The Hall–Kier alpha value is -2.35. The van der Waals surface area contributed by atoms with Gasteiger partial charge in [0.25, 0.3) is 0 Å². The van der Waals surface area contributed by atoms with E-state index in [-0.39, 0.29) is 16.7 Å². The molecular formula is C21H25N5O2S. The molecule has 29 heavy (non-hydrogen) atoms. The van der Waals surface area contributed by atoms with Crippen LogP contribution in [0.2, 0.25) is 0 Å². The Kier molecular flexibility index (Phi) is 4.61. The molecule has 0 aliphatic carbocycles. The average molecular weight is 412 g/mol. The fourth-order valence-electron chi connectivity index (χ4n) is 4.64. The number of hydrogen-bond donors (Lipinski definition) is 1. The van der Waals surface area contributed by atoms with Crippen molar-refractivity contribution in [1.29, 1.82) is 0 Å². The van der Waals surface area contributed by atoms with Gasteiger partial charge in [-0.15, -0.1) is 22.0 Å². The normalized spacial score (nSPS) is 26.2. The van der Waals surface area contributed by atoms with E-state index < -0.39 is 6.04 Å². The smallest absolute Gasteiger partial charge is 0.248 e. The molecule has 3 aliphatic rings. The molecule has 2 aromatic rings. The maximum absolute atomic E-state index is 12.8.